The van der Waals surface area contributed by atoms with Gasteiger partial charge in [-0.15, -0.1) is 22.7 Å². The van der Waals surface area contributed by atoms with Gasteiger partial charge in [0.15, 0.2) is 0 Å². The number of fused-ring (bicyclic) bond motifs is 2. The molecule has 0 fully saturated rings. The zero-order chi connectivity index (χ0) is 17.7. The van der Waals surface area contributed by atoms with E-state index in [1.54, 1.807) is 22.7 Å². The van der Waals surface area contributed by atoms with Crippen LogP contribution in [0.5, 0.6) is 0 Å². The van der Waals surface area contributed by atoms with Crippen LogP contribution in [0.4, 0.5) is 0 Å². The first-order chi connectivity index (χ1) is 12.7. The molecule has 26 heavy (non-hydrogen) atoms. The number of aryl methyl sites for hydroxylation is 2. The van der Waals surface area contributed by atoms with Gasteiger partial charge in [0.25, 0.3) is 0 Å². The van der Waals surface area contributed by atoms with Crippen LogP contribution < -0.4 is 0 Å². The van der Waals surface area contributed by atoms with Crippen molar-refractivity contribution in [2.24, 2.45) is 0 Å². The Balaban J connectivity index is 1.60. The summed E-state index contributed by atoms with van der Waals surface area (Å²) in [6, 6.07) is 21.4. The Hall–Kier alpha value is -2.56. The smallest absolute Gasteiger partial charge is 0.124 e. The Morgan fingerprint density at radius 1 is 0.615 bits per heavy atom. The van der Waals surface area contributed by atoms with Crippen LogP contribution in [0, 0.1) is 13.8 Å². The minimum Gasteiger partial charge on any atom is -0.236 e. The Morgan fingerprint density at radius 3 is 1.62 bits per heavy atom. The van der Waals surface area contributed by atoms with E-state index in [0.29, 0.717) is 0 Å². The lowest BCUT2D eigenvalue weighted by molar-refractivity contribution is 1.44. The highest BCUT2D eigenvalue weighted by Crippen LogP contribution is 2.35. The molecule has 0 aliphatic carbocycles. The molecule has 0 aliphatic rings. The molecule has 5 aromatic rings. The van der Waals surface area contributed by atoms with Crippen molar-refractivity contribution in [1.29, 1.82) is 0 Å². The lowest BCUT2D eigenvalue weighted by Crippen LogP contribution is -1.80. The summed E-state index contributed by atoms with van der Waals surface area (Å²) in [6.45, 7) is 4.24. The van der Waals surface area contributed by atoms with Crippen LogP contribution in [0.25, 0.3) is 41.6 Å². The van der Waals surface area contributed by atoms with Crippen LogP contribution in [0.3, 0.4) is 0 Å². The number of hydrogen-bond acceptors (Lipinski definition) is 4. The SMILES string of the molecule is Cc1ccc2nc(-c3cccc(-c4nc5ccc(C)cc5s4)c3)sc2c1. The third-order valence-electron chi connectivity index (χ3n) is 4.44. The zero-order valence-electron chi connectivity index (χ0n) is 14.5. The minimum absolute atomic E-state index is 1.06. The number of rotatable bonds is 2. The highest BCUT2D eigenvalue weighted by molar-refractivity contribution is 7.22. The van der Waals surface area contributed by atoms with Gasteiger partial charge < -0.3 is 0 Å². The van der Waals surface area contributed by atoms with Gasteiger partial charge in [-0.05, 0) is 55.3 Å². The van der Waals surface area contributed by atoms with E-state index >= 15 is 0 Å². The number of hydrogen-bond donors (Lipinski definition) is 0. The fraction of sp³-hybridized carbons (Fsp3) is 0.0909. The van der Waals surface area contributed by atoms with Crippen molar-refractivity contribution in [3.05, 3.63) is 71.8 Å². The number of aromatic nitrogens is 2. The molecule has 2 heterocycles. The molecule has 126 valence electrons. The molecule has 0 saturated carbocycles. The van der Waals surface area contributed by atoms with Crippen LogP contribution in [-0.4, -0.2) is 9.97 Å². The molecule has 3 aromatic carbocycles. The quantitative estimate of drug-likeness (QED) is 0.338. The normalized spacial score (nSPS) is 11.5. The molecular formula is C22H16N2S2. The fourth-order valence-corrected chi connectivity index (χ4v) is 5.22. The lowest BCUT2D eigenvalue weighted by Gasteiger charge is -1.99. The highest BCUT2D eigenvalue weighted by Gasteiger charge is 2.10. The summed E-state index contributed by atoms with van der Waals surface area (Å²) in [6.07, 6.45) is 0. The summed E-state index contributed by atoms with van der Waals surface area (Å²) >= 11 is 3.49. The van der Waals surface area contributed by atoms with Gasteiger partial charge in [-0.25, -0.2) is 9.97 Å². The van der Waals surface area contributed by atoms with Gasteiger partial charge in [0.1, 0.15) is 10.0 Å². The lowest BCUT2D eigenvalue weighted by atomic mass is 10.1. The minimum atomic E-state index is 1.06. The maximum Gasteiger partial charge on any atom is 0.124 e. The van der Waals surface area contributed by atoms with E-state index < -0.39 is 0 Å². The van der Waals surface area contributed by atoms with Crippen LogP contribution >= 0.6 is 22.7 Å². The first-order valence-corrected chi connectivity index (χ1v) is 10.1. The van der Waals surface area contributed by atoms with Crippen molar-refractivity contribution in [3.63, 3.8) is 0 Å². The van der Waals surface area contributed by atoms with Gasteiger partial charge >= 0.3 is 0 Å². The second-order valence-electron chi connectivity index (χ2n) is 6.56. The van der Waals surface area contributed by atoms with Crippen LogP contribution in [0.2, 0.25) is 0 Å². The topological polar surface area (TPSA) is 25.8 Å². The van der Waals surface area contributed by atoms with E-state index in [2.05, 4.69) is 74.5 Å². The van der Waals surface area contributed by atoms with Crippen LogP contribution in [0.15, 0.2) is 60.7 Å². The molecule has 0 spiro atoms. The predicted octanol–water partition coefficient (Wildman–Crippen LogP) is 6.86. The fourth-order valence-electron chi connectivity index (χ4n) is 3.10. The molecule has 0 saturated heterocycles. The number of benzene rings is 3. The molecule has 0 radical (unpaired) electrons. The molecule has 0 aliphatic heterocycles. The van der Waals surface area contributed by atoms with Crippen LogP contribution in [-0.2, 0) is 0 Å². The van der Waals surface area contributed by atoms with E-state index in [9.17, 15) is 0 Å². The summed E-state index contributed by atoms with van der Waals surface area (Å²) in [5.41, 5.74) is 6.97. The zero-order valence-corrected chi connectivity index (χ0v) is 16.1. The van der Waals surface area contributed by atoms with Gasteiger partial charge in [-0.1, -0.05) is 30.3 Å². The standard InChI is InChI=1S/C22H16N2S2/c1-13-6-8-17-19(10-13)25-21(23-17)15-4-3-5-16(12-15)22-24-18-9-7-14(2)11-20(18)26-22/h3-12H,1-2H3. The first kappa shape index (κ1) is 15.7. The molecular weight excluding hydrogens is 356 g/mol. The van der Waals surface area contributed by atoms with E-state index in [1.165, 1.54) is 20.5 Å². The van der Waals surface area contributed by atoms with Crippen molar-refractivity contribution >= 4 is 43.1 Å². The molecule has 2 nitrogen and oxygen atoms in total. The van der Waals surface area contributed by atoms with Gasteiger partial charge in [0.2, 0.25) is 0 Å². The second-order valence-corrected chi connectivity index (χ2v) is 8.62. The molecule has 4 heteroatoms. The van der Waals surface area contributed by atoms with Gasteiger partial charge in [0, 0.05) is 11.1 Å². The van der Waals surface area contributed by atoms with E-state index in [0.717, 1.165) is 32.2 Å². The Bertz CT molecular complexity index is 1170. The molecule has 0 amide bonds. The van der Waals surface area contributed by atoms with E-state index in [-0.39, 0.29) is 0 Å². The van der Waals surface area contributed by atoms with Crippen LogP contribution in [0.1, 0.15) is 11.1 Å². The predicted molar refractivity (Wildman–Crippen MR) is 113 cm³/mol. The molecule has 2 aromatic heterocycles. The van der Waals surface area contributed by atoms with Crippen molar-refractivity contribution < 1.29 is 0 Å². The molecule has 0 unspecified atom stereocenters. The third-order valence-corrected chi connectivity index (χ3v) is 6.58. The van der Waals surface area contributed by atoms with E-state index in [4.69, 9.17) is 9.97 Å². The van der Waals surface area contributed by atoms with Crippen molar-refractivity contribution in [2.75, 3.05) is 0 Å². The Morgan fingerprint density at radius 2 is 1.12 bits per heavy atom. The second kappa shape index (κ2) is 6.01. The molecule has 0 N–H and O–H groups in total. The molecule has 0 atom stereocenters. The Kier molecular flexibility index (Phi) is 3.62. The van der Waals surface area contributed by atoms with Gasteiger partial charge in [-0.2, -0.15) is 0 Å². The third kappa shape index (κ3) is 2.71. The highest BCUT2D eigenvalue weighted by atomic mass is 32.1. The number of thiazole rings is 2. The Labute approximate surface area is 159 Å². The first-order valence-electron chi connectivity index (χ1n) is 8.51. The van der Waals surface area contributed by atoms with E-state index in [1.807, 2.05) is 0 Å². The van der Waals surface area contributed by atoms with Gasteiger partial charge in [-0.3, -0.25) is 0 Å². The maximum atomic E-state index is 4.81. The van der Waals surface area contributed by atoms with Crippen molar-refractivity contribution in [1.82, 2.24) is 9.97 Å². The molecule has 0 bridgehead atoms. The summed E-state index contributed by atoms with van der Waals surface area (Å²) in [5, 5.41) is 2.12. The summed E-state index contributed by atoms with van der Waals surface area (Å²) in [5.74, 6) is 0. The van der Waals surface area contributed by atoms with Gasteiger partial charge in [0.05, 0.1) is 20.4 Å². The summed E-state index contributed by atoms with van der Waals surface area (Å²) in [7, 11) is 0. The molecule has 5 rings (SSSR count). The summed E-state index contributed by atoms with van der Waals surface area (Å²) < 4.78 is 2.47. The average Bonchev–Trinajstić information content (AvgIpc) is 3.25. The monoisotopic (exact) mass is 372 g/mol. The van der Waals surface area contributed by atoms with Crippen molar-refractivity contribution in [3.8, 4) is 21.1 Å². The average molecular weight is 373 g/mol. The van der Waals surface area contributed by atoms with Crippen molar-refractivity contribution in [2.45, 2.75) is 13.8 Å². The number of nitrogens with zero attached hydrogens (tertiary/aromatic N) is 2. The largest absolute Gasteiger partial charge is 0.236 e. The summed E-state index contributed by atoms with van der Waals surface area (Å²) in [4.78, 5) is 9.63. The maximum absolute atomic E-state index is 4.81.